The van der Waals surface area contributed by atoms with E-state index in [9.17, 15) is 13.2 Å². The molecular weight excluding hydrogens is 336 g/mol. The summed E-state index contributed by atoms with van der Waals surface area (Å²) in [5.41, 5.74) is 3.69. The molecule has 0 radical (unpaired) electrons. The average molecular weight is 356 g/mol. The van der Waals surface area contributed by atoms with Gasteiger partial charge in [0.25, 0.3) is 0 Å². The lowest BCUT2D eigenvalue weighted by molar-refractivity contribution is 0.255. The fourth-order valence-electron chi connectivity index (χ4n) is 3.72. The zero-order valence-electron chi connectivity index (χ0n) is 14.2. The third-order valence-corrected chi connectivity index (χ3v) is 6.69. The van der Waals surface area contributed by atoms with Gasteiger partial charge in [-0.2, -0.15) is 0 Å². The normalized spacial score (nSPS) is 24.6. The Kier molecular flexibility index (Phi) is 3.61. The summed E-state index contributed by atoms with van der Waals surface area (Å²) in [5.74, 6) is 0.0271. The predicted octanol–water partition coefficient (Wildman–Crippen LogP) is 2.92. The Bertz CT molecular complexity index is 851. The number of rotatable bonds is 2. The van der Waals surface area contributed by atoms with Crippen molar-refractivity contribution in [3.63, 3.8) is 0 Å². The summed E-state index contributed by atoms with van der Waals surface area (Å²) in [6, 6.07) is 14.4. The van der Waals surface area contributed by atoms with Gasteiger partial charge in [-0.1, -0.05) is 35.4 Å². The minimum Gasteiger partial charge on any atom is -0.288 e. The van der Waals surface area contributed by atoms with Crippen LogP contribution in [-0.4, -0.2) is 38.0 Å². The van der Waals surface area contributed by atoms with Gasteiger partial charge in [-0.3, -0.25) is 9.80 Å². The first-order chi connectivity index (χ1) is 11.9. The van der Waals surface area contributed by atoms with E-state index in [4.69, 9.17) is 0 Å². The lowest BCUT2D eigenvalue weighted by atomic mass is 10.1. The minimum absolute atomic E-state index is 0.0135. The Morgan fingerprint density at radius 1 is 0.760 bits per heavy atom. The first-order valence-corrected chi connectivity index (χ1v) is 10.1. The number of hydrogen-bond acceptors (Lipinski definition) is 3. The van der Waals surface area contributed by atoms with E-state index >= 15 is 0 Å². The molecule has 0 aliphatic carbocycles. The van der Waals surface area contributed by atoms with Crippen molar-refractivity contribution in [3.05, 3.63) is 59.7 Å². The zero-order valence-corrected chi connectivity index (χ0v) is 15.0. The quantitative estimate of drug-likeness (QED) is 0.778. The number of urea groups is 1. The SMILES string of the molecule is Cc1ccc(N2C(=O)N(c3ccc(C)cc3)[C@H]3CS(=O)(=O)C[C@H]32)cc1. The van der Waals surface area contributed by atoms with E-state index in [0.717, 1.165) is 22.5 Å². The van der Waals surface area contributed by atoms with Crippen LogP contribution in [-0.2, 0) is 9.84 Å². The standard InChI is InChI=1S/C19H20N2O3S/c1-13-3-7-15(8-4-13)20-17-11-25(23,24)12-18(17)21(19(20)22)16-9-5-14(2)6-10-16/h3-10,17-18H,11-12H2,1-2H3/t17-,18+. The number of benzene rings is 2. The second kappa shape index (κ2) is 5.59. The van der Waals surface area contributed by atoms with Crippen LogP contribution < -0.4 is 9.80 Å². The van der Waals surface area contributed by atoms with Crippen molar-refractivity contribution in [1.82, 2.24) is 0 Å². The summed E-state index contributed by atoms with van der Waals surface area (Å²) in [7, 11) is -3.16. The van der Waals surface area contributed by atoms with Crippen molar-refractivity contribution in [2.75, 3.05) is 21.3 Å². The molecule has 0 N–H and O–H groups in total. The van der Waals surface area contributed by atoms with Gasteiger partial charge in [-0.05, 0) is 38.1 Å². The molecule has 25 heavy (non-hydrogen) atoms. The van der Waals surface area contributed by atoms with Crippen LogP contribution in [0.2, 0.25) is 0 Å². The maximum atomic E-state index is 13.2. The molecule has 2 aromatic rings. The van der Waals surface area contributed by atoms with Gasteiger partial charge in [0.2, 0.25) is 0 Å². The number of amides is 2. The molecular formula is C19H20N2O3S. The summed E-state index contributed by atoms with van der Waals surface area (Å²) >= 11 is 0. The van der Waals surface area contributed by atoms with E-state index in [1.165, 1.54) is 0 Å². The molecule has 2 atom stereocenters. The Morgan fingerprint density at radius 3 is 1.48 bits per heavy atom. The van der Waals surface area contributed by atoms with E-state index in [1.54, 1.807) is 9.80 Å². The third kappa shape index (κ3) is 2.70. The highest BCUT2D eigenvalue weighted by atomic mass is 32.2. The lowest BCUT2D eigenvalue weighted by Crippen LogP contribution is -2.37. The number of carbonyl (C=O) groups excluding carboxylic acids is 1. The number of hydrogen-bond donors (Lipinski definition) is 0. The Balaban J connectivity index is 1.79. The summed E-state index contributed by atoms with van der Waals surface area (Å²) in [5, 5.41) is 0. The van der Waals surface area contributed by atoms with Crippen molar-refractivity contribution in [2.24, 2.45) is 0 Å². The van der Waals surface area contributed by atoms with Gasteiger partial charge in [-0.25, -0.2) is 13.2 Å². The van der Waals surface area contributed by atoms with Gasteiger partial charge < -0.3 is 0 Å². The van der Waals surface area contributed by atoms with Crippen molar-refractivity contribution in [3.8, 4) is 0 Å². The van der Waals surface area contributed by atoms with Gasteiger partial charge in [0.1, 0.15) is 0 Å². The summed E-state index contributed by atoms with van der Waals surface area (Å²) in [6.07, 6.45) is 0. The molecule has 2 amide bonds. The second-order valence-corrected chi connectivity index (χ2v) is 9.06. The van der Waals surface area contributed by atoms with E-state index in [0.29, 0.717) is 0 Å². The van der Waals surface area contributed by atoms with Crippen molar-refractivity contribution < 1.29 is 13.2 Å². The van der Waals surface area contributed by atoms with Crippen LogP contribution >= 0.6 is 0 Å². The summed E-state index contributed by atoms with van der Waals surface area (Å²) < 4.78 is 24.5. The summed E-state index contributed by atoms with van der Waals surface area (Å²) in [4.78, 5) is 16.5. The fraction of sp³-hybridized carbons (Fsp3) is 0.316. The first-order valence-electron chi connectivity index (χ1n) is 8.32. The zero-order chi connectivity index (χ0) is 17.8. The van der Waals surface area contributed by atoms with Crippen LogP contribution in [0.3, 0.4) is 0 Å². The average Bonchev–Trinajstić information content (AvgIpc) is 2.99. The molecule has 2 aliphatic heterocycles. The largest absolute Gasteiger partial charge is 0.329 e. The molecule has 2 aromatic carbocycles. The predicted molar refractivity (Wildman–Crippen MR) is 98.9 cm³/mol. The van der Waals surface area contributed by atoms with E-state index in [-0.39, 0.29) is 29.6 Å². The van der Waals surface area contributed by atoms with Crippen LogP contribution in [0.25, 0.3) is 0 Å². The molecule has 4 rings (SSSR count). The van der Waals surface area contributed by atoms with Crippen LogP contribution in [0.15, 0.2) is 48.5 Å². The van der Waals surface area contributed by atoms with Gasteiger partial charge in [0.15, 0.2) is 9.84 Å². The maximum Gasteiger partial charge on any atom is 0.329 e. The van der Waals surface area contributed by atoms with Gasteiger partial charge >= 0.3 is 6.03 Å². The molecule has 2 heterocycles. The summed E-state index contributed by atoms with van der Waals surface area (Å²) in [6.45, 7) is 3.97. The van der Waals surface area contributed by atoms with Crippen molar-refractivity contribution >= 4 is 27.2 Å². The highest BCUT2D eigenvalue weighted by Gasteiger charge is 2.54. The van der Waals surface area contributed by atoms with Crippen LogP contribution in [0.1, 0.15) is 11.1 Å². The fourth-order valence-corrected chi connectivity index (χ4v) is 5.64. The second-order valence-electron chi connectivity index (χ2n) is 6.91. The number of carbonyl (C=O) groups is 1. The number of sulfone groups is 1. The molecule has 2 saturated heterocycles. The number of aryl methyl sites for hydroxylation is 2. The lowest BCUT2D eigenvalue weighted by Gasteiger charge is -2.23. The van der Waals surface area contributed by atoms with Crippen LogP contribution in [0.4, 0.5) is 16.2 Å². The van der Waals surface area contributed by atoms with Crippen LogP contribution in [0, 0.1) is 13.8 Å². The molecule has 0 spiro atoms. The Morgan fingerprint density at radius 2 is 1.12 bits per heavy atom. The van der Waals surface area contributed by atoms with Gasteiger partial charge in [-0.15, -0.1) is 0 Å². The highest BCUT2D eigenvalue weighted by molar-refractivity contribution is 7.91. The molecule has 0 aromatic heterocycles. The van der Waals surface area contributed by atoms with E-state index in [2.05, 4.69) is 0 Å². The first kappa shape index (κ1) is 16.1. The molecule has 2 aliphatic rings. The Hall–Kier alpha value is -2.34. The highest BCUT2D eigenvalue weighted by Crippen LogP contribution is 2.37. The minimum atomic E-state index is -3.16. The molecule has 2 fully saturated rings. The maximum absolute atomic E-state index is 13.2. The van der Waals surface area contributed by atoms with Gasteiger partial charge in [0.05, 0.1) is 23.6 Å². The molecule has 5 nitrogen and oxygen atoms in total. The number of fused-ring (bicyclic) bond motifs is 1. The van der Waals surface area contributed by atoms with Gasteiger partial charge in [0, 0.05) is 11.4 Å². The van der Waals surface area contributed by atoms with E-state index < -0.39 is 9.84 Å². The monoisotopic (exact) mass is 356 g/mol. The number of nitrogens with zero attached hydrogens (tertiary/aromatic N) is 2. The molecule has 0 unspecified atom stereocenters. The topological polar surface area (TPSA) is 57.7 Å². The number of anilines is 2. The molecule has 0 bridgehead atoms. The van der Waals surface area contributed by atoms with Crippen molar-refractivity contribution in [2.45, 2.75) is 25.9 Å². The third-order valence-electron chi connectivity index (χ3n) is 4.99. The van der Waals surface area contributed by atoms with E-state index in [1.807, 2.05) is 62.4 Å². The molecule has 0 saturated carbocycles. The van der Waals surface area contributed by atoms with Crippen LogP contribution in [0.5, 0.6) is 0 Å². The van der Waals surface area contributed by atoms with Crippen molar-refractivity contribution in [1.29, 1.82) is 0 Å². The molecule has 130 valence electrons. The molecule has 6 heteroatoms. The smallest absolute Gasteiger partial charge is 0.288 e. The Labute approximate surface area is 147 Å².